The number of nitrogens with one attached hydrogen (secondary N) is 2. The molecule has 1 aromatic heterocycles. The molecular formula is C25H30N6O2. The Hall–Kier alpha value is -3.52. The zero-order valence-electron chi connectivity index (χ0n) is 19.3. The molecule has 0 bridgehead atoms. The quantitative estimate of drug-likeness (QED) is 0.547. The fourth-order valence-electron chi connectivity index (χ4n) is 4.00. The summed E-state index contributed by atoms with van der Waals surface area (Å²) in [6.45, 7) is 7.19. The van der Waals surface area contributed by atoms with Gasteiger partial charge >= 0.3 is 0 Å². The third-order valence-electron chi connectivity index (χ3n) is 5.84. The molecule has 172 valence electrons. The molecule has 0 saturated carbocycles. The lowest BCUT2D eigenvalue weighted by Crippen LogP contribution is -2.38. The summed E-state index contributed by atoms with van der Waals surface area (Å²) in [6, 6.07) is 16.0. The number of carbonyl (C=O) groups is 1. The van der Waals surface area contributed by atoms with E-state index in [1.54, 1.807) is 0 Å². The molecule has 1 aliphatic rings. The van der Waals surface area contributed by atoms with Gasteiger partial charge < -0.3 is 20.3 Å². The van der Waals surface area contributed by atoms with Crippen molar-refractivity contribution in [3.8, 4) is 0 Å². The maximum Gasteiger partial charge on any atom is 0.232 e. The fourth-order valence-corrected chi connectivity index (χ4v) is 4.00. The van der Waals surface area contributed by atoms with Crippen LogP contribution in [0.1, 0.15) is 43.9 Å². The van der Waals surface area contributed by atoms with Gasteiger partial charge in [0.1, 0.15) is 6.33 Å². The van der Waals surface area contributed by atoms with Crippen molar-refractivity contribution < 1.29 is 9.53 Å². The maximum absolute atomic E-state index is 11.4. The molecule has 2 heterocycles. The molecule has 0 spiro atoms. The van der Waals surface area contributed by atoms with Crippen molar-refractivity contribution in [1.82, 2.24) is 15.0 Å². The van der Waals surface area contributed by atoms with Gasteiger partial charge in [-0.05, 0) is 49.9 Å². The van der Waals surface area contributed by atoms with E-state index in [2.05, 4.69) is 49.5 Å². The molecule has 2 aromatic carbocycles. The highest BCUT2D eigenvalue weighted by atomic mass is 16.5. The van der Waals surface area contributed by atoms with Crippen LogP contribution in [0.5, 0.6) is 0 Å². The number of hydrogen-bond donors (Lipinski definition) is 2. The lowest BCUT2D eigenvalue weighted by molar-refractivity contribution is -0.114. The molecule has 2 N–H and O–H groups in total. The third kappa shape index (κ3) is 5.84. The predicted octanol–water partition coefficient (Wildman–Crippen LogP) is 4.63. The molecule has 1 saturated heterocycles. The van der Waals surface area contributed by atoms with E-state index < -0.39 is 0 Å². The van der Waals surface area contributed by atoms with Crippen LogP contribution >= 0.6 is 0 Å². The summed E-state index contributed by atoms with van der Waals surface area (Å²) in [7, 11) is 0. The highest BCUT2D eigenvalue weighted by molar-refractivity contribution is 5.90. The van der Waals surface area contributed by atoms with Crippen molar-refractivity contribution in [1.29, 1.82) is 0 Å². The van der Waals surface area contributed by atoms with Gasteiger partial charge in [-0.15, -0.1) is 0 Å². The summed E-state index contributed by atoms with van der Waals surface area (Å²) in [6.07, 6.45) is 3.66. The zero-order valence-corrected chi connectivity index (χ0v) is 19.3. The number of carbonyl (C=O) groups excluding carboxylic acids is 1. The second-order valence-corrected chi connectivity index (χ2v) is 8.27. The molecule has 1 fully saturated rings. The SMILES string of the molecule is CC(=O)Nc1cccc(Nc2ncnc(N3CCC(OC(C)c4ccccc4)CC3)n2)c1C. The van der Waals surface area contributed by atoms with Crippen LogP contribution in [0.25, 0.3) is 0 Å². The van der Waals surface area contributed by atoms with Crippen molar-refractivity contribution >= 4 is 29.2 Å². The van der Waals surface area contributed by atoms with Gasteiger partial charge in [-0.2, -0.15) is 4.98 Å². The fraction of sp³-hybridized carbons (Fsp3) is 0.360. The first kappa shape index (κ1) is 22.7. The molecule has 33 heavy (non-hydrogen) atoms. The van der Waals surface area contributed by atoms with Crippen molar-refractivity contribution in [2.24, 2.45) is 0 Å². The minimum Gasteiger partial charge on any atom is -0.370 e. The maximum atomic E-state index is 11.4. The van der Waals surface area contributed by atoms with E-state index in [4.69, 9.17) is 4.74 Å². The molecule has 8 nitrogen and oxygen atoms in total. The Bertz CT molecular complexity index is 1080. The minimum atomic E-state index is -0.108. The highest BCUT2D eigenvalue weighted by Gasteiger charge is 2.24. The number of amides is 1. The molecule has 1 aliphatic heterocycles. The van der Waals surface area contributed by atoms with Crippen molar-refractivity contribution in [2.75, 3.05) is 28.6 Å². The summed E-state index contributed by atoms with van der Waals surface area (Å²) < 4.78 is 6.29. The first-order chi connectivity index (χ1) is 16.0. The van der Waals surface area contributed by atoms with Gasteiger partial charge in [0.25, 0.3) is 0 Å². The summed E-state index contributed by atoms with van der Waals surface area (Å²) in [5.41, 5.74) is 3.71. The monoisotopic (exact) mass is 446 g/mol. The minimum absolute atomic E-state index is 0.0761. The second kappa shape index (κ2) is 10.4. The van der Waals surface area contributed by atoms with E-state index in [0.717, 1.165) is 42.9 Å². The van der Waals surface area contributed by atoms with Gasteiger partial charge in [-0.3, -0.25) is 4.79 Å². The number of aromatic nitrogens is 3. The first-order valence-electron chi connectivity index (χ1n) is 11.3. The summed E-state index contributed by atoms with van der Waals surface area (Å²) in [5.74, 6) is 1.01. The number of benzene rings is 2. The van der Waals surface area contributed by atoms with Crippen LogP contribution in [0.2, 0.25) is 0 Å². The smallest absolute Gasteiger partial charge is 0.232 e. The largest absolute Gasteiger partial charge is 0.370 e. The number of hydrogen-bond acceptors (Lipinski definition) is 7. The predicted molar refractivity (Wildman–Crippen MR) is 130 cm³/mol. The van der Waals surface area contributed by atoms with Crippen LogP contribution in [0, 0.1) is 6.92 Å². The molecule has 8 heteroatoms. The van der Waals surface area contributed by atoms with Crippen LogP contribution < -0.4 is 15.5 Å². The normalized spacial score (nSPS) is 15.2. The zero-order chi connectivity index (χ0) is 23.2. The number of ether oxygens (including phenoxy) is 1. The average molecular weight is 447 g/mol. The molecule has 0 radical (unpaired) electrons. The van der Waals surface area contributed by atoms with Crippen LogP contribution in [0.15, 0.2) is 54.9 Å². The lowest BCUT2D eigenvalue weighted by Gasteiger charge is -2.33. The van der Waals surface area contributed by atoms with E-state index in [1.165, 1.54) is 18.8 Å². The molecule has 4 rings (SSSR count). The molecule has 0 aliphatic carbocycles. The van der Waals surface area contributed by atoms with Gasteiger partial charge in [-0.25, -0.2) is 9.97 Å². The van der Waals surface area contributed by atoms with E-state index in [1.807, 2.05) is 43.3 Å². The number of rotatable bonds is 7. The van der Waals surface area contributed by atoms with E-state index in [-0.39, 0.29) is 18.1 Å². The summed E-state index contributed by atoms with van der Waals surface area (Å²) >= 11 is 0. The Kier molecular flexibility index (Phi) is 7.14. The average Bonchev–Trinajstić information content (AvgIpc) is 2.83. The lowest BCUT2D eigenvalue weighted by atomic mass is 10.1. The molecular weight excluding hydrogens is 416 g/mol. The van der Waals surface area contributed by atoms with Gasteiger partial charge in [0, 0.05) is 31.4 Å². The van der Waals surface area contributed by atoms with Crippen LogP contribution in [-0.4, -0.2) is 40.1 Å². The Morgan fingerprint density at radius 3 is 2.52 bits per heavy atom. The molecule has 3 aromatic rings. The van der Waals surface area contributed by atoms with Crippen LogP contribution in [0.4, 0.5) is 23.3 Å². The van der Waals surface area contributed by atoms with Gasteiger partial charge in [-0.1, -0.05) is 36.4 Å². The number of nitrogens with zero attached hydrogens (tertiary/aromatic N) is 4. The molecule has 1 unspecified atom stereocenters. The summed E-state index contributed by atoms with van der Waals surface area (Å²) in [5, 5.41) is 6.09. The highest BCUT2D eigenvalue weighted by Crippen LogP contribution is 2.27. The van der Waals surface area contributed by atoms with E-state index in [0.29, 0.717) is 11.9 Å². The van der Waals surface area contributed by atoms with Gasteiger partial charge in [0.2, 0.25) is 17.8 Å². The molecule has 1 amide bonds. The standard InChI is InChI=1S/C25H30N6O2/c1-17-22(28-19(3)32)10-7-11-23(17)29-24-26-16-27-25(30-24)31-14-12-21(13-15-31)33-18(2)20-8-5-4-6-9-20/h4-11,16,18,21H,12-15H2,1-3H3,(H,28,32)(H,26,27,29,30). The van der Waals surface area contributed by atoms with Crippen molar-refractivity contribution in [3.05, 3.63) is 66.0 Å². The van der Waals surface area contributed by atoms with Gasteiger partial charge in [0.15, 0.2) is 0 Å². The number of piperidine rings is 1. The second-order valence-electron chi connectivity index (χ2n) is 8.27. The Balaban J connectivity index is 1.37. The van der Waals surface area contributed by atoms with Gasteiger partial charge in [0.05, 0.1) is 12.2 Å². The first-order valence-corrected chi connectivity index (χ1v) is 11.3. The Morgan fingerprint density at radius 1 is 1.06 bits per heavy atom. The Morgan fingerprint density at radius 2 is 1.79 bits per heavy atom. The van der Waals surface area contributed by atoms with Crippen LogP contribution in [-0.2, 0) is 9.53 Å². The van der Waals surface area contributed by atoms with Crippen molar-refractivity contribution in [2.45, 2.75) is 45.8 Å². The summed E-state index contributed by atoms with van der Waals surface area (Å²) in [4.78, 5) is 26.9. The number of anilines is 4. The van der Waals surface area contributed by atoms with E-state index >= 15 is 0 Å². The Labute approximate surface area is 194 Å². The third-order valence-corrected chi connectivity index (χ3v) is 5.84. The topological polar surface area (TPSA) is 92.3 Å². The van der Waals surface area contributed by atoms with E-state index in [9.17, 15) is 4.79 Å². The molecule has 1 atom stereocenters. The van der Waals surface area contributed by atoms with Crippen molar-refractivity contribution in [3.63, 3.8) is 0 Å². The van der Waals surface area contributed by atoms with Crippen LogP contribution in [0.3, 0.4) is 0 Å².